The maximum absolute atomic E-state index is 12.3. The topological polar surface area (TPSA) is 91.8 Å². The molecule has 0 saturated heterocycles. The van der Waals surface area contributed by atoms with Gasteiger partial charge in [0.15, 0.2) is 9.84 Å². The van der Waals surface area contributed by atoms with E-state index in [1.807, 2.05) is 0 Å². The lowest BCUT2D eigenvalue weighted by atomic mass is 10.1. The normalized spacial score (nSPS) is 11.4. The van der Waals surface area contributed by atoms with Crippen LogP contribution in [0.2, 0.25) is 0 Å². The number of aliphatic carboxylic acids is 1. The summed E-state index contributed by atoms with van der Waals surface area (Å²) in [5.41, 5.74) is 0.264. The highest BCUT2D eigenvalue weighted by atomic mass is 32.2. The molecule has 0 heterocycles. The molecule has 1 aromatic rings. The molecule has 21 heavy (non-hydrogen) atoms. The minimum absolute atomic E-state index is 0.0164. The molecular weight excluding hydrogens is 294 g/mol. The third kappa shape index (κ3) is 4.29. The zero-order valence-electron chi connectivity index (χ0n) is 12.2. The first kappa shape index (κ1) is 17.2. The lowest BCUT2D eigenvalue weighted by molar-refractivity contribution is -0.138. The van der Waals surface area contributed by atoms with Crippen molar-refractivity contribution in [2.45, 2.75) is 31.7 Å². The highest BCUT2D eigenvalue weighted by Gasteiger charge is 2.21. The van der Waals surface area contributed by atoms with Crippen LogP contribution in [-0.4, -0.2) is 48.6 Å². The number of carbonyl (C=O) groups excluding carboxylic acids is 1. The molecule has 1 N–H and O–H groups in total. The number of carboxylic acid groups (broad SMARTS) is 1. The highest BCUT2D eigenvalue weighted by molar-refractivity contribution is 7.91. The molecule has 0 aromatic heterocycles. The van der Waals surface area contributed by atoms with Crippen molar-refractivity contribution in [3.63, 3.8) is 0 Å². The van der Waals surface area contributed by atoms with E-state index in [1.165, 1.54) is 29.2 Å². The summed E-state index contributed by atoms with van der Waals surface area (Å²) < 4.78 is 23.4. The Labute approximate surface area is 124 Å². The van der Waals surface area contributed by atoms with Gasteiger partial charge in [-0.1, -0.05) is 6.92 Å². The van der Waals surface area contributed by atoms with Gasteiger partial charge < -0.3 is 10.0 Å². The molecule has 0 aliphatic rings. The van der Waals surface area contributed by atoms with E-state index < -0.39 is 28.3 Å². The molecule has 1 rings (SSSR count). The van der Waals surface area contributed by atoms with Crippen LogP contribution in [0.25, 0.3) is 0 Å². The van der Waals surface area contributed by atoms with Gasteiger partial charge in [0.25, 0.3) is 5.91 Å². The third-order valence-corrected chi connectivity index (χ3v) is 4.78. The van der Waals surface area contributed by atoms with Crippen molar-refractivity contribution in [3.8, 4) is 0 Å². The van der Waals surface area contributed by atoms with Gasteiger partial charge in [-0.25, -0.2) is 8.42 Å². The molecule has 0 aliphatic carbocycles. The third-order valence-electron chi connectivity index (χ3n) is 3.03. The van der Waals surface area contributed by atoms with Crippen LogP contribution in [-0.2, 0) is 14.6 Å². The SMILES string of the molecule is CCS(=O)(=O)c1ccc(C(=O)N(CC(=O)O)C(C)C)cc1. The average molecular weight is 313 g/mol. The predicted molar refractivity (Wildman–Crippen MR) is 78.0 cm³/mol. The molecule has 1 aromatic carbocycles. The van der Waals surface area contributed by atoms with Crippen molar-refractivity contribution in [2.75, 3.05) is 12.3 Å². The lowest BCUT2D eigenvalue weighted by Gasteiger charge is -2.25. The summed E-state index contributed by atoms with van der Waals surface area (Å²) >= 11 is 0. The van der Waals surface area contributed by atoms with Gasteiger partial charge in [-0.15, -0.1) is 0 Å². The zero-order chi connectivity index (χ0) is 16.2. The number of hydrogen-bond donors (Lipinski definition) is 1. The van der Waals surface area contributed by atoms with E-state index >= 15 is 0 Å². The van der Waals surface area contributed by atoms with Gasteiger partial charge in [0.1, 0.15) is 6.54 Å². The van der Waals surface area contributed by atoms with Gasteiger partial charge >= 0.3 is 5.97 Å². The fourth-order valence-corrected chi connectivity index (χ4v) is 2.66. The monoisotopic (exact) mass is 313 g/mol. The van der Waals surface area contributed by atoms with Crippen molar-refractivity contribution in [1.82, 2.24) is 4.90 Å². The second-order valence-corrected chi connectivity index (χ2v) is 7.13. The van der Waals surface area contributed by atoms with Crippen LogP contribution in [0.3, 0.4) is 0 Å². The number of nitrogens with zero attached hydrogens (tertiary/aromatic N) is 1. The van der Waals surface area contributed by atoms with Gasteiger partial charge in [-0.05, 0) is 38.1 Å². The molecule has 0 saturated carbocycles. The van der Waals surface area contributed by atoms with Crippen LogP contribution in [0.1, 0.15) is 31.1 Å². The minimum atomic E-state index is -3.32. The van der Waals surface area contributed by atoms with Gasteiger partial charge in [0, 0.05) is 11.6 Å². The first-order valence-electron chi connectivity index (χ1n) is 6.54. The summed E-state index contributed by atoms with van der Waals surface area (Å²) in [6.07, 6.45) is 0. The average Bonchev–Trinajstić information content (AvgIpc) is 2.43. The maximum atomic E-state index is 12.3. The number of sulfone groups is 1. The summed E-state index contributed by atoms with van der Waals surface area (Å²) in [5, 5.41) is 8.84. The summed E-state index contributed by atoms with van der Waals surface area (Å²) in [6, 6.07) is 5.27. The van der Waals surface area contributed by atoms with Gasteiger partial charge in [0.2, 0.25) is 0 Å². The Morgan fingerprint density at radius 3 is 2.10 bits per heavy atom. The standard InChI is InChI=1S/C14H19NO5S/c1-4-21(19,20)12-7-5-11(6-8-12)14(18)15(10(2)3)9-13(16)17/h5-8,10H,4,9H2,1-3H3,(H,16,17). The zero-order valence-corrected chi connectivity index (χ0v) is 13.1. The largest absolute Gasteiger partial charge is 0.480 e. The van der Waals surface area contributed by atoms with Gasteiger partial charge in [0.05, 0.1) is 10.6 Å². The molecule has 116 valence electrons. The number of rotatable bonds is 6. The molecule has 0 fully saturated rings. The molecule has 0 spiro atoms. The van der Waals surface area contributed by atoms with Crippen molar-refractivity contribution < 1.29 is 23.1 Å². The minimum Gasteiger partial charge on any atom is -0.480 e. The first-order valence-corrected chi connectivity index (χ1v) is 8.20. The predicted octanol–water partition coefficient (Wildman–Crippen LogP) is 1.42. The van der Waals surface area contributed by atoms with Crippen LogP contribution >= 0.6 is 0 Å². The Morgan fingerprint density at radius 2 is 1.71 bits per heavy atom. The number of amides is 1. The summed E-state index contributed by atoms with van der Waals surface area (Å²) in [7, 11) is -3.32. The Hall–Kier alpha value is -1.89. The highest BCUT2D eigenvalue weighted by Crippen LogP contribution is 2.14. The molecule has 0 atom stereocenters. The van der Waals surface area contributed by atoms with E-state index in [-0.39, 0.29) is 22.3 Å². The second kappa shape index (κ2) is 6.71. The molecule has 0 radical (unpaired) electrons. The summed E-state index contributed by atoms with van der Waals surface area (Å²) in [6.45, 7) is 4.58. The van der Waals surface area contributed by atoms with E-state index in [9.17, 15) is 18.0 Å². The smallest absolute Gasteiger partial charge is 0.323 e. The van der Waals surface area contributed by atoms with Crippen molar-refractivity contribution >= 4 is 21.7 Å². The second-order valence-electron chi connectivity index (χ2n) is 4.85. The van der Waals surface area contributed by atoms with E-state index in [0.29, 0.717) is 0 Å². The van der Waals surface area contributed by atoms with Crippen LogP contribution < -0.4 is 0 Å². The van der Waals surface area contributed by atoms with E-state index in [4.69, 9.17) is 5.11 Å². The fraction of sp³-hybridized carbons (Fsp3) is 0.429. The van der Waals surface area contributed by atoms with E-state index in [0.717, 1.165) is 0 Å². The number of benzene rings is 1. The van der Waals surface area contributed by atoms with Crippen molar-refractivity contribution in [1.29, 1.82) is 0 Å². The molecule has 0 bridgehead atoms. The lowest BCUT2D eigenvalue weighted by Crippen LogP contribution is -2.40. The van der Waals surface area contributed by atoms with E-state index in [1.54, 1.807) is 20.8 Å². The maximum Gasteiger partial charge on any atom is 0.323 e. The van der Waals surface area contributed by atoms with Crippen molar-refractivity contribution in [2.24, 2.45) is 0 Å². The van der Waals surface area contributed by atoms with Crippen molar-refractivity contribution in [3.05, 3.63) is 29.8 Å². The summed E-state index contributed by atoms with van der Waals surface area (Å²) in [5.74, 6) is -1.55. The van der Waals surface area contributed by atoms with Gasteiger partial charge in [-0.2, -0.15) is 0 Å². The molecule has 6 nitrogen and oxygen atoms in total. The Balaban J connectivity index is 3.05. The van der Waals surface area contributed by atoms with Gasteiger partial charge in [-0.3, -0.25) is 9.59 Å². The Morgan fingerprint density at radius 1 is 1.19 bits per heavy atom. The molecule has 0 unspecified atom stereocenters. The summed E-state index contributed by atoms with van der Waals surface area (Å²) in [4.78, 5) is 24.4. The Bertz CT molecular complexity index is 619. The molecular formula is C14H19NO5S. The molecule has 0 aliphatic heterocycles. The number of hydrogen-bond acceptors (Lipinski definition) is 4. The Kier molecular flexibility index (Phi) is 5.48. The fourth-order valence-electron chi connectivity index (χ4n) is 1.77. The van der Waals surface area contributed by atoms with Crippen LogP contribution in [0, 0.1) is 0 Å². The first-order chi connectivity index (χ1) is 9.69. The number of carboxylic acids is 1. The quantitative estimate of drug-likeness (QED) is 0.857. The molecule has 1 amide bonds. The number of carbonyl (C=O) groups is 2. The van der Waals surface area contributed by atoms with Crippen LogP contribution in [0.4, 0.5) is 0 Å². The van der Waals surface area contributed by atoms with Crippen LogP contribution in [0.15, 0.2) is 29.2 Å². The molecule has 7 heteroatoms. The van der Waals surface area contributed by atoms with E-state index in [2.05, 4.69) is 0 Å². The van der Waals surface area contributed by atoms with Crippen LogP contribution in [0.5, 0.6) is 0 Å².